The standard InChI is InChI=1S/C27H37FN6O3Si/c1-27(2,3)38(7,8)37-12-11-34(22-13-19(35-5)14-23(36-6)25(22)28)24-10-9-20-26(32-24)31-21(16-29-20)18-15-30-33(4)17-18/h9-10,13-16,18H,11-12,17H2,1-8H3. The van der Waals surface area contributed by atoms with Crippen molar-refractivity contribution in [1.82, 2.24) is 20.0 Å². The van der Waals surface area contributed by atoms with Crippen LogP contribution in [0.2, 0.25) is 18.1 Å². The largest absolute Gasteiger partial charge is 0.497 e. The van der Waals surface area contributed by atoms with Crippen LogP contribution in [0.4, 0.5) is 15.9 Å². The van der Waals surface area contributed by atoms with Crippen LogP contribution in [0.25, 0.3) is 11.2 Å². The van der Waals surface area contributed by atoms with Crippen molar-refractivity contribution in [3.8, 4) is 11.5 Å². The molecular weight excluding hydrogens is 503 g/mol. The average Bonchev–Trinajstić information content (AvgIpc) is 3.32. The highest BCUT2D eigenvalue weighted by Crippen LogP contribution is 2.38. The number of ether oxygens (including phenoxy) is 2. The second-order valence-electron chi connectivity index (χ2n) is 10.9. The van der Waals surface area contributed by atoms with Crippen LogP contribution in [-0.4, -0.2) is 75.5 Å². The molecule has 1 unspecified atom stereocenters. The molecule has 0 aliphatic carbocycles. The minimum atomic E-state index is -2.02. The van der Waals surface area contributed by atoms with Gasteiger partial charge in [0.25, 0.3) is 0 Å². The van der Waals surface area contributed by atoms with Crippen molar-refractivity contribution in [2.75, 3.05) is 45.9 Å². The number of hydrogen-bond donors (Lipinski definition) is 0. The van der Waals surface area contributed by atoms with E-state index >= 15 is 4.39 Å². The second-order valence-corrected chi connectivity index (χ2v) is 15.8. The van der Waals surface area contributed by atoms with Gasteiger partial charge >= 0.3 is 0 Å². The molecule has 0 radical (unpaired) electrons. The highest BCUT2D eigenvalue weighted by atomic mass is 28.4. The summed E-state index contributed by atoms with van der Waals surface area (Å²) in [6.45, 7) is 12.5. The van der Waals surface area contributed by atoms with Gasteiger partial charge in [0, 0.05) is 38.5 Å². The number of aromatic nitrogens is 3. The number of hydrogen-bond acceptors (Lipinski definition) is 9. The summed E-state index contributed by atoms with van der Waals surface area (Å²) < 4.78 is 32.8. The maximum Gasteiger partial charge on any atom is 0.192 e. The molecule has 0 spiro atoms. The molecule has 1 aliphatic rings. The fourth-order valence-corrected chi connectivity index (χ4v) is 5.00. The fourth-order valence-electron chi connectivity index (χ4n) is 3.96. The summed E-state index contributed by atoms with van der Waals surface area (Å²) in [5, 5.41) is 6.22. The number of anilines is 2. The van der Waals surface area contributed by atoms with Gasteiger partial charge < -0.3 is 18.8 Å². The quantitative estimate of drug-likeness (QED) is 0.336. The van der Waals surface area contributed by atoms with Crippen molar-refractivity contribution >= 4 is 37.2 Å². The van der Waals surface area contributed by atoms with Gasteiger partial charge in [0.1, 0.15) is 17.1 Å². The summed E-state index contributed by atoms with van der Waals surface area (Å²) in [5.74, 6) is 0.613. The van der Waals surface area contributed by atoms with Crippen molar-refractivity contribution in [2.24, 2.45) is 5.10 Å². The summed E-state index contributed by atoms with van der Waals surface area (Å²) in [6, 6.07) is 6.83. The van der Waals surface area contributed by atoms with Crippen molar-refractivity contribution in [1.29, 1.82) is 0 Å². The first-order chi connectivity index (χ1) is 17.9. The minimum Gasteiger partial charge on any atom is -0.497 e. The first kappa shape index (κ1) is 27.7. The van der Waals surface area contributed by atoms with Gasteiger partial charge in [-0.15, -0.1) is 0 Å². The van der Waals surface area contributed by atoms with Crippen LogP contribution in [0, 0.1) is 5.82 Å². The smallest absolute Gasteiger partial charge is 0.192 e. The molecule has 0 saturated carbocycles. The van der Waals surface area contributed by atoms with Gasteiger partial charge in [0.15, 0.2) is 25.5 Å². The van der Waals surface area contributed by atoms with Gasteiger partial charge in [0.2, 0.25) is 0 Å². The number of nitrogens with zero attached hydrogens (tertiary/aromatic N) is 6. The lowest BCUT2D eigenvalue weighted by Crippen LogP contribution is -2.42. The number of halogens is 1. The zero-order valence-electron chi connectivity index (χ0n) is 23.4. The predicted octanol–water partition coefficient (Wildman–Crippen LogP) is 5.36. The van der Waals surface area contributed by atoms with Crippen molar-refractivity contribution in [3.63, 3.8) is 0 Å². The lowest BCUT2D eigenvalue weighted by molar-refractivity contribution is 0.296. The number of fused-ring (bicyclic) bond motifs is 1. The summed E-state index contributed by atoms with van der Waals surface area (Å²) in [4.78, 5) is 15.9. The maximum absolute atomic E-state index is 15.7. The molecule has 0 fully saturated rings. The molecule has 1 aromatic carbocycles. The third-order valence-electron chi connectivity index (χ3n) is 7.30. The molecule has 0 N–H and O–H groups in total. The molecule has 1 aliphatic heterocycles. The van der Waals surface area contributed by atoms with Gasteiger partial charge in [-0.3, -0.25) is 9.99 Å². The fraction of sp³-hybridized carbons (Fsp3) is 0.481. The van der Waals surface area contributed by atoms with E-state index in [1.165, 1.54) is 20.3 Å². The Morgan fingerprint density at radius 2 is 1.89 bits per heavy atom. The highest BCUT2D eigenvalue weighted by Gasteiger charge is 2.37. The van der Waals surface area contributed by atoms with Gasteiger partial charge in [-0.2, -0.15) is 5.10 Å². The van der Waals surface area contributed by atoms with E-state index in [4.69, 9.17) is 23.9 Å². The Hall–Kier alpha value is -3.31. The molecule has 2 aromatic heterocycles. The Morgan fingerprint density at radius 1 is 1.13 bits per heavy atom. The summed E-state index contributed by atoms with van der Waals surface area (Å²) in [6.07, 6.45) is 3.62. The van der Waals surface area contributed by atoms with E-state index in [9.17, 15) is 0 Å². The van der Waals surface area contributed by atoms with Crippen molar-refractivity contribution in [3.05, 3.63) is 42.0 Å². The molecule has 204 valence electrons. The van der Waals surface area contributed by atoms with Crippen LogP contribution in [-0.2, 0) is 4.43 Å². The van der Waals surface area contributed by atoms with E-state index in [1.807, 2.05) is 30.4 Å². The monoisotopic (exact) mass is 540 g/mol. The number of likely N-dealkylation sites (N-methyl/N-ethyl adjacent to an activating group) is 1. The Labute approximate surface area is 224 Å². The van der Waals surface area contributed by atoms with E-state index in [0.717, 1.165) is 12.2 Å². The van der Waals surface area contributed by atoms with E-state index < -0.39 is 14.1 Å². The molecule has 3 aromatic rings. The second kappa shape index (κ2) is 10.8. The number of pyridine rings is 1. The highest BCUT2D eigenvalue weighted by molar-refractivity contribution is 6.74. The van der Waals surface area contributed by atoms with E-state index in [1.54, 1.807) is 17.2 Å². The normalized spacial score (nSPS) is 15.8. The Morgan fingerprint density at radius 3 is 2.53 bits per heavy atom. The van der Waals surface area contributed by atoms with Gasteiger partial charge in [0.05, 0.1) is 44.3 Å². The molecule has 38 heavy (non-hydrogen) atoms. The topological polar surface area (TPSA) is 85.2 Å². The molecule has 9 nitrogen and oxygen atoms in total. The van der Waals surface area contributed by atoms with Gasteiger partial charge in [-0.25, -0.2) is 14.4 Å². The number of rotatable bonds is 9. The lowest BCUT2D eigenvalue weighted by atomic mass is 10.1. The molecule has 1 atom stereocenters. The van der Waals surface area contributed by atoms with E-state index in [2.05, 4.69) is 44.0 Å². The summed E-state index contributed by atoms with van der Waals surface area (Å²) in [7, 11) is 2.87. The molecule has 4 rings (SSSR count). The van der Waals surface area contributed by atoms with E-state index in [-0.39, 0.29) is 22.4 Å². The molecule has 0 amide bonds. The predicted molar refractivity (Wildman–Crippen MR) is 151 cm³/mol. The summed E-state index contributed by atoms with van der Waals surface area (Å²) >= 11 is 0. The zero-order chi connectivity index (χ0) is 27.7. The summed E-state index contributed by atoms with van der Waals surface area (Å²) in [5.41, 5.74) is 2.20. The van der Waals surface area contributed by atoms with Crippen LogP contribution in [0.15, 0.2) is 35.6 Å². The van der Waals surface area contributed by atoms with Crippen LogP contribution in [0.5, 0.6) is 11.5 Å². The number of methoxy groups -OCH3 is 2. The van der Waals surface area contributed by atoms with Gasteiger partial charge in [-0.1, -0.05) is 20.8 Å². The number of hydrazone groups is 1. The first-order valence-electron chi connectivity index (χ1n) is 12.7. The average molecular weight is 541 g/mol. The van der Waals surface area contributed by atoms with Crippen LogP contribution >= 0.6 is 0 Å². The van der Waals surface area contributed by atoms with Crippen LogP contribution < -0.4 is 14.4 Å². The molecule has 11 heteroatoms. The molecule has 0 bridgehead atoms. The van der Waals surface area contributed by atoms with E-state index in [0.29, 0.717) is 35.9 Å². The molecule has 3 heterocycles. The SMILES string of the molecule is COc1cc(OC)c(F)c(N(CCO[Si](C)(C)C(C)(C)C)c2ccc3ncc(C4C=NN(C)C4)nc3n2)c1. The number of benzene rings is 1. The Kier molecular flexibility index (Phi) is 7.89. The van der Waals surface area contributed by atoms with Gasteiger partial charge in [-0.05, 0) is 30.3 Å². The molecule has 0 saturated heterocycles. The van der Waals surface area contributed by atoms with Crippen molar-refractivity contribution < 1.29 is 18.3 Å². The maximum atomic E-state index is 15.7. The van der Waals surface area contributed by atoms with Crippen molar-refractivity contribution in [2.45, 2.75) is 44.8 Å². The lowest BCUT2D eigenvalue weighted by Gasteiger charge is -2.37. The van der Waals surface area contributed by atoms with Crippen LogP contribution in [0.3, 0.4) is 0 Å². The zero-order valence-corrected chi connectivity index (χ0v) is 24.4. The Bertz CT molecular complexity index is 1330. The minimum absolute atomic E-state index is 0.0385. The third-order valence-corrected chi connectivity index (χ3v) is 11.8. The third kappa shape index (κ3) is 5.73. The molecular formula is C27H37FN6O3Si. The van der Waals surface area contributed by atoms with Crippen LogP contribution in [0.1, 0.15) is 32.4 Å². The first-order valence-corrected chi connectivity index (χ1v) is 15.6. The Balaban J connectivity index is 1.75.